The second-order valence-corrected chi connectivity index (χ2v) is 7.75. The summed E-state index contributed by atoms with van der Waals surface area (Å²) in [5, 5.41) is 0. The molecule has 4 rings (SSSR count). The van der Waals surface area contributed by atoms with Gasteiger partial charge in [0.05, 0.1) is 11.7 Å². The molecule has 1 atom stereocenters. The van der Waals surface area contributed by atoms with Crippen LogP contribution in [-0.2, 0) is 11.2 Å². The molecule has 2 heterocycles. The highest BCUT2D eigenvalue weighted by Gasteiger charge is 2.26. The van der Waals surface area contributed by atoms with Crippen molar-refractivity contribution in [1.29, 1.82) is 0 Å². The lowest BCUT2D eigenvalue weighted by Gasteiger charge is -2.30. The summed E-state index contributed by atoms with van der Waals surface area (Å²) in [5.41, 5.74) is 3.13. The summed E-state index contributed by atoms with van der Waals surface area (Å²) in [7, 11) is 0. The Labute approximate surface area is 172 Å². The maximum Gasteiger partial charge on any atom is 0.223 e. The number of hydrogen-bond acceptors (Lipinski definition) is 3. The van der Waals surface area contributed by atoms with Gasteiger partial charge in [-0.2, -0.15) is 0 Å². The van der Waals surface area contributed by atoms with Crippen LogP contribution in [0.4, 0.5) is 0 Å². The fourth-order valence-electron chi connectivity index (χ4n) is 4.20. The Morgan fingerprint density at radius 2 is 1.76 bits per heavy atom. The van der Waals surface area contributed by atoms with E-state index in [9.17, 15) is 4.79 Å². The predicted molar refractivity (Wildman–Crippen MR) is 114 cm³/mol. The predicted octanol–water partition coefficient (Wildman–Crippen LogP) is 5.73. The number of aromatic nitrogens is 1. The number of carbonyl (C=O) groups excluding carboxylic acids is 1. The first-order chi connectivity index (χ1) is 14.2. The Hall–Kier alpha value is -2.88. The summed E-state index contributed by atoms with van der Waals surface area (Å²) < 4.78 is 5.99. The van der Waals surface area contributed by atoms with Crippen LogP contribution in [0.5, 0.6) is 0 Å². The van der Waals surface area contributed by atoms with Crippen LogP contribution in [0.3, 0.4) is 0 Å². The minimum Gasteiger partial charge on any atom is -0.440 e. The van der Waals surface area contributed by atoms with Gasteiger partial charge in [-0.25, -0.2) is 4.98 Å². The van der Waals surface area contributed by atoms with Crippen LogP contribution in [0.15, 0.2) is 65.1 Å². The number of carbonyl (C=O) groups is 1. The van der Waals surface area contributed by atoms with Gasteiger partial charge in [0.1, 0.15) is 0 Å². The molecule has 0 radical (unpaired) electrons. The molecule has 1 aliphatic rings. The molecule has 4 nitrogen and oxygen atoms in total. The van der Waals surface area contributed by atoms with Crippen molar-refractivity contribution in [2.75, 3.05) is 6.54 Å². The summed E-state index contributed by atoms with van der Waals surface area (Å²) in [6.45, 7) is 2.79. The molecule has 1 fully saturated rings. The van der Waals surface area contributed by atoms with Gasteiger partial charge in [0.2, 0.25) is 5.91 Å². The summed E-state index contributed by atoms with van der Waals surface area (Å²) in [5.74, 6) is 1.63. The van der Waals surface area contributed by atoms with Gasteiger partial charge in [-0.1, -0.05) is 73.5 Å². The summed E-state index contributed by atoms with van der Waals surface area (Å²) in [4.78, 5) is 19.8. The van der Waals surface area contributed by atoms with E-state index in [1.807, 2.05) is 43.3 Å². The van der Waals surface area contributed by atoms with E-state index in [1.54, 1.807) is 0 Å². The van der Waals surface area contributed by atoms with E-state index >= 15 is 0 Å². The number of hydrogen-bond donors (Lipinski definition) is 0. The van der Waals surface area contributed by atoms with Crippen molar-refractivity contribution < 1.29 is 9.21 Å². The standard InChI is InChI=1S/C25H28N2O2/c1-19-25(21-13-7-3-8-14-21)29-23(26-19)16-17-24(28)27-18-10-4-9-15-22(27)20-11-5-2-6-12-20/h2-3,5-8,11-14,22H,4,9-10,15-18H2,1H3/t22-/m1/s1. The van der Waals surface area contributed by atoms with Gasteiger partial charge >= 0.3 is 0 Å². The summed E-state index contributed by atoms with van der Waals surface area (Å²) in [6.07, 6.45) is 5.43. The number of benzene rings is 2. The highest BCUT2D eigenvalue weighted by Crippen LogP contribution is 2.31. The SMILES string of the molecule is Cc1nc(CCC(=O)N2CCCCC[C@@H]2c2ccccc2)oc1-c1ccccc1. The molecule has 0 unspecified atom stereocenters. The zero-order chi connectivity index (χ0) is 20.1. The first kappa shape index (κ1) is 19.4. The van der Waals surface area contributed by atoms with Crippen LogP contribution in [0.1, 0.15) is 55.3 Å². The highest BCUT2D eigenvalue weighted by molar-refractivity contribution is 5.77. The van der Waals surface area contributed by atoms with E-state index in [1.165, 1.54) is 18.4 Å². The molecule has 1 saturated heterocycles. The molecule has 1 aromatic heterocycles. The summed E-state index contributed by atoms with van der Waals surface area (Å²) in [6, 6.07) is 20.6. The molecule has 0 saturated carbocycles. The maximum absolute atomic E-state index is 13.1. The number of aryl methyl sites for hydroxylation is 2. The Morgan fingerprint density at radius 1 is 1.03 bits per heavy atom. The third-order valence-corrected chi connectivity index (χ3v) is 5.69. The molecule has 0 aliphatic carbocycles. The van der Waals surface area contributed by atoms with Gasteiger partial charge in [0.25, 0.3) is 0 Å². The molecule has 0 bridgehead atoms. The Morgan fingerprint density at radius 3 is 2.52 bits per heavy atom. The maximum atomic E-state index is 13.1. The van der Waals surface area contributed by atoms with Crippen molar-refractivity contribution in [3.05, 3.63) is 77.8 Å². The average Bonchev–Trinajstić information content (AvgIpc) is 2.97. The Balaban J connectivity index is 1.46. The van der Waals surface area contributed by atoms with Crippen molar-refractivity contribution >= 4 is 5.91 Å². The topological polar surface area (TPSA) is 46.3 Å². The fraction of sp³-hybridized carbons (Fsp3) is 0.360. The van der Waals surface area contributed by atoms with Gasteiger partial charge in [-0.05, 0) is 25.3 Å². The zero-order valence-electron chi connectivity index (χ0n) is 17.0. The van der Waals surface area contributed by atoms with E-state index in [2.05, 4.69) is 34.1 Å². The molecule has 0 spiro atoms. The molecule has 2 aromatic carbocycles. The second kappa shape index (κ2) is 9.08. The van der Waals surface area contributed by atoms with Gasteiger partial charge in [0, 0.05) is 24.9 Å². The second-order valence-electron chi connectivity index (χ2n) is 7.75. The number of nitrogens with zero attached hydrogens (tertiary/aromatic N) is 2. The number of likely N-dealkylation sites (tertiary alicyclic amines) is 1. The van der Waals surface area contributed by atoms with Gasteiger partial charge < -0.3 is 9.32 Å². The van der Waals surface area contributed by atoms with Gasteiger partial charge in [-0.15, -0.1) is 0 Å². The molecular formula is C25H28N2O2. The first-order valence-corrected chi connectivity index (χ1v) is 10.6. The quantitative estimate of drug-likeness (QED) is 0.561. The van der Waals surface area contributed by atoms with E-state index in [0.717, 1.165) is 36.4 Å². The van der Waals surface area contributed by atoms with E-state index in [-0.39, 0.29) is 11.9 Å². The van der Waals surface area contributed by atoms with Crippen LogP contribution in [0, 0.1) is 6.92 Å². The van der Waals surface area contributed by atoms with E-state index in [0.29, 0.717) is 18.7 Å². The van der Waals surface area contributed by atoms with Crippen LogP contribution in [-0.4, -0.2) is 22.3 Å². The van der Waals surface area contributed by atoms with Crippen molar-refractivity contribution in [1.82, 2.24) is 9.88 Å². The van der Waals surface area contributed by atoms with Gasteiger partial charge in [-0.3, -0.25) is 4.79 Å². The fourth-order valence-corrected chi connectivity index (χ4v) is 4.20. The molecule has 1 aliphatic heterocycles. The first-order valence-electron chi connectivity index (χ1n) is 10.6. The van der Waals surface area contributed by atoms with Crippen LogP contribution in [0.2, 0.25) is 0 Å². The molecular weight excluding hydrogens is 360 g/mol. The molecule has 0 N–H and O–H groups in total. The average molecular weight is 389 g/mol. The molecule has 29 heavy (non-hydrogen) atoms. The Bertz CT molecular complexity index is 934. The molecule has 1 amide bonds. The lowest BCUT2D eigenvalue weighted by Crippen LogP contribution is -2.35. The minimum atomic E-state index is 0.178. The highest BCUT2D eigenvalue weighted by atomic mass is 16.4. The number of amides is 1. The van der Waals surface area contributed by atoms with Crippen molar-refractivity contribution in [2.45, 2.75) is 51.5 Å². The molecule has 4 heteroatoms. The molecule has 3 aromatic rings. The zero-order valence-corrected chi connectivity index (χ0v) is 17.0. The van der Waals surface area contributed by atoms with Crippen LogP contribution < -0.4 is 0 Å². The minimum absolute atomic E-state index is 0.178. The Kier molecular flexibility index (Phi) is 6.09. The van der Waals surface area contributed by atoms with Crippen LogP contribution in [0.25, 0.3) is 11.3 Å². The third kappa shape index (κ3) is 4.58. The third-order valence-electron chi connectivity index (χ3n) is 5.69. The van der Waals surface area contributed by atoms with Crippen molar-refractivity contribution in [3.63, 3.8) is 0 Å². The summed E-state index contributed by atoms with van der Waals surface area (Å²) >= 11 is 0. The van der Waals surface area contributed by atoms with Crippen molar-refractivity contribution in [2.24, 2.45) is 0 Å². The monoisotopic (exact) mass is 388 g/mol. The largest absolute Gasteiger partial charge is 0.440 e. The lowest BCUT2D eigenvalue weighted by molar-refractivity contribution is -0.133. The smallest absolute Gasteiger partial charge is 0.223 e. The van der Waals surface area contributed by atoms with E-state index < -0.39 is 0 Å². The van der Waals surface area contributed by atoms with Gasteiger partial charge in [0.15, 0.2) is 11.7 Å². The van der Waals surface area contributed by atoms with Crippen molar-refractivity contribution in [3.8, 4) is 11.3 Å². The van der Waals surface area contributed by atoms with E-state index in [4.69, 9.17) is 4.42 Å². The number of oxazole rings is 1. The molecule has 150 valence electrons. The number of rotatable bonds is 5. The normalized spacial score (nSPS) is 17.1. The van der Waals surface area contributed by atoms with Crippen LogP contribution >= 0.6 is 0 Å². The lowest BCUT2D eigenvalue weighted by atomic mass is 10.0.